The van der Waals surface area contributed by atoms with Gasteiger partial charge in [0.05, 0.1) is 10.8 Å². The van der Waals surface area contributed by atoms with E-state index in [0.717, 1.165) is 23.1 Å². The van der Waals surface area contributed by atoms with Crippen LogP contribution < -0.4 is 10.6 Å². The molecule has 0 unspecified atom stereocenters. The monoisotopic (exact) mass is 427 g/mol. The largest absolute Gasteiger partial charge is 0.361 e. The molecule has 0 aliphatic rings. The van der Waals surface area contributed by atoms with E-state index in [-0.39, 0.29) is 27.5 Å². The van der Waals surface area contributed by atoms with Gasteiger partial charge in [0, 0.05) is 11.8 Å². The summed E-state index contributed by atoms with van der Waals surface area (Å²) in [5, 5.41) is 16.7. The van der Waals surface area contributed by atoms with E-state index in [1.807, 2.05) is 0 Å². The molecule has 0 radical (unpaired) electrons. The van der Waals surface area contributed by atoms with Gasteiger partial charge in [-0.1, -0.05) is 39.9 Å². The molecule has 1 aromatic carbocycles. The third-order valence-corrected chi connectivity index (χ3v) is 5.28. The topological polar surface area (TPSA) is 110 Å². The lowest BCUT2D eigenvalue weighted by Gasteiger charge is -2.04. The highest BCUT2D eigenvalue weighted by Gasteiger charge is 2.15. The molecule has 2 aromatic heterocycles. The van der Waals surface area contributed by atoms with Gasteiger partial charge in [-0.3, -0.25) is 14.9 Å². The number of rotatable bonds is 6. The summed E-state index contributed by atoms with van der Waals surface area (Å²) < 4.78 is 18.4. The fourth-order valence-corrected chi connectivity index (χ4v) is 3.58. The van der Waals surface area contributed by atoms with E-state index in [4.69, 9.17) is 16.1 Å². The number of halogens is 2. The summed E-state index contributed by atoms with van der Waals surface area (Å²) in [6, 6.07) is 5.40. The van der Waals surface area contributed by atoms with Gasteiger partial charge >= 0.3 is 0 Å². The molecule has 3 aromatic rings. The number of benzene rings is 1. The lowest BCUT2D eigenvalue weighted by Crippen LogP contribution is -2.13. The van der Waals surface area contributed by atoms with Crippen molar-refractivity contribution >= 4 is 57.3 Å². The molecule has 0 saturated heterocycles. The average Bonchev–Trinajstić information content (AvgIpc) is 3.25. The second-order valence-electron chi connectivity index (χ2n) is 5.12. The quantitative estimate of drug-likeness (QED) is 0.456. The number of aryl methyl sites for hydroxylation is 1. The van der Waals surface area contributed by atoms with Gasteiger partial charge in [0.2, 0.25) is 11.0 Å². The molecule has 0 atom stereocenters. The van der Waals surface area contributed by atoms with Crippen LogP contribution in [0.25, 0.3) is 0 Å². The Bertz CT molecular complexity index is 994. The van der Waals surface area contributed by atoms with Crippen LogP contribution in [0.15, 0.2) is 33.1 Å². The van der Waals surface area contributed by atoms with Gasteiger partial charge in [0.15, 0.2) is 10.0 Å². The molecule has 0 bridgehead atoms. The summed E-state index contributed by atoms with van der Waals surface area (Å²) in [4.78, 5) is 23.9. The number of thioether (sulfide) groups is 1. The van der Waals surface area contributed by atoms with Crippen molar-refractivity contribution in [2.45, 2.75) is 11.3 Å². The van der Waals surface area contributed by atoms with Crippen LogP contribution in [-0.4, -0.2) is 32.9 Å². The number of carbonyl (C=O) groups is 2. The van der Waals surface area contributed by atoms with Crippen molar-refractivity contribution in [3.63, 3.8) is 0 Å². The molecular formula is C15H11ClFN5O3S2. The molecule has 2 heterocycles. The summed E-state index contributed by atoms with van der Waals surface area (Å²) in [5.41, 5.74) is 0.523. The summed E-state index contributed by atoms with van der Waals surface area (Å²) in [6.07, 6.45) is 0. The summed E-state index contributed by atoms with van der Waals surface area (Å²) in [7, 11) is 0. The van der Waals surface area contributed by atoms with Crippen LogP contribution in [0.1, 0.15) is 16.2 Å². The second kappa shape index (κ2) is 8.46. The predicted molar refractivity (Wildman–Crippen MR) is 99.9 cm³/mol. The van der Waals surface area contributed by atoms with Gasteiger partial charge in [-0.05, 0) is 25.1 Å². The standard InChI is InChI=1S/C15H11ClFN5O3S2/c1-7-4-11(22-25-7)13(24)19-14-20-21-15(27-14)26-6-12(23)18-8-2-3-10(17)9(16)5-8/h2-5H,6H2,1H3,(H,18,23)(H,19,20,24). The van der Waals surface area contributed by atoms with Crippen molar-refractivity contribution in [2.24, 2.45) is 0 Å². The third-order valence-electron chi connectivity index (χ3n) is 3.02. The molecule has 3 rings (SSSR count). The molecule has 0 fully saturated rings. The Kier molecular flexibility index (Phi) is 6.04. The minimum absolute atomic E-state index is 0.0556. The van der Waals surface area contributed by atoms with Crippen LogP contribution in [0.5, 0.6) is 0 Å². The molecule has 27 heavy (non-hydrogen) atoms. The smallest absolute Gasteiger partial charge is 0.279 e. The highest BCUT2D eigenvalue weighted by Crippen LogP contribution is 2.26. The Morgan fingerprint density at radius 1 is 1.30 bits per heavy atom. The van der Waals surface area contributed by atoms with Crippen molar-refractivity contribution in [3.05, 3.63) is 46.6 Å². The first kappa shape index (κ1) is 19.3. The molecule has 140 valence electrons. The SMILES string of the molecule is Cc1cc(C(=O)Nc2nnc(SCC(=O)Nc3ccc(F)c(Cl)c3)s2)no1. The number of carbonyl (C=O) groups excluding carboxylic acids is 2. The van der Waals surface area contributed by atoms with Gasteiger partial charge in [-0.25, -0.2) is 4.39 Å². The first-order valence-corrected chi connectivity index (χ1v) is 9.54. The van der Waals surface area contributed by atoms with Gasteiger partial charge < -0.3 is 9.84 Å². The fourth-order valence-electron chi connectivity index (χ4n) is 1.85. The van der Waals surface area contributed by atoms with Crippen molar-refractivity contribution in [2.75, 3.05) is 16.4 Å². The Morgan fingerprint density at radius 3 is 2.81 bits per heavy atom. The maximum absolute atomic E-state index is 13.1. The normalized spacial score (nSPS) is 10.6. The minimum atomic E-state index is -0.562. The van der Waals surface area contributed by atoms with Crippen molar-refractivity contribution in [3.8, 4) is 0 Å². The number of aromatic nitrogens is 3. The number of hydrogen-bond donors (Lipinski definition) is 2. The Labute approximate surface area is 165 Å². The molecule has 0 spiro atoms. The van der Waals surface area contributed by atoms with Crippen LogP contribution in [0.4, 0.5) is 15.2 Å². The Morgan fingerprint density at radius 2 is 2.11 bits per heavy atom. The van der Waals surface area contributed by atoms with E-state index in [9.17, 15) is 14.0 Å². The van der Waals surface area contributed by atoms with E-state index in [0.29, 0.717) is 15.8 Å². The first-order valence-electron chi connectivity index (χ1n) is 7.36. The molecular weight excluding hydrogens is 417 g/mol. The molecule has 0 saturated carbocycles. The zero-order valence-electron chi connectivity index (χ0n) is 13.7. The molecule has 2 N–H and O–H groups in total. The first-order chi connectivity index (χ1) is 12.9. The predicted octanol–water partition coefficient (Wildman–Crippen LogP) is 3.61. The van der Waals surface area contributed by atoms with E-state index in [1.165, 1.54) is 24.3 Å². The lowest BCUT2D eigenvalue weighted by atomic mass is 10.3. The highest BCUT2D eigenvalue weighted by atomic mass is 35.5. The van der Waals surface area contributed by atoms with Crippen molar-refractivity contribution in [1.29, 1.82) is 0 Å². The summed E-state index contributed by atoms with van der Waals surface area (Å²) >= 11 is 7.93. The maximum atomic E-state index is 13.1. The van der Waals surface area contributed by atoms with Gasteiger partial charge in [0.1, 0.15) is 11.6 Å². The minimum Gasteiger partial charge on any atom is -0.361 e. The van der Waals surface area contributed by atoms with Crippen LogP contribution in [0.2, 0.25) is 5.02 Å². The third kappa shape index (κ3) is 5.25. The lowest BCUT2D eigenvalue weighted by molar-refractivity contribution is -0.113. The van der Waals surface area contributed by atoms with Crippen LogP contribution in [0, 0.1) is 12.7 Å². The Balaban J connectivity index is 1.50. The molecule has 2 amide bonds. The number of amides is 2. The molecule has 12 heteroatoms. The maximum Gasteiger partial charge on any atom is 0.279 e. The van der Waals surface area contributed by atoms with Crippen molar-refractivity contribution in [1.82, 2.24) is 15.4 Å². The van der Waals surface area contributed by atoms with E-state index < -0.39 is 11.7 Å². The number of nitrogens with zero attached hydrogens (tertiary/aromatic N) is 3. The number of anilines is 2. The fraction of sp³-hybridized carbons (Fsp3) is 0.133. The molecule has 0 aliphatic heterocycles. The van der Waals surface area contributed by atoms with Crippen LogP contribution >= 0.6 is 34.7 Å². The van der Waals surface area contributed by atoms with Crippen LogP contribution in [-0.2, 0) is 4.79 Å². The molecule has 8 nitrogen and oxygen atoms in total. The highest BCUT2D eigenvalue weighted by molar-refractivity contribution is 8.01. The number of hydrogen-bond acceptors (Lipinski definition) is 8. The van der Waals surface area contributed by atoms with Gasteiger partial charge in [-0.15, -0.1) is 10.2 Å². The summed E-state index contributed by atoms with van der Waals surface area (Å²) in [5.74, 6) is -0.776. The van der Waals surface area contributed by atoms with E-state index in [2.05, 4.69) is 26.0 Å². The molecule has 0 aliphatic carbocycles. The van der Waals surface area contributed by atoms with Crippen molar-refractivity contribution < 1.29 is 18.5 Å². The number of nitrogens with one attached hydrogen (secondary N) is 2. The summed E-state index contributed by atoms with van der Waals surface area (Å²) in [6.45, 7) is 1.68. The van der Waals surface area contributed by atoms with Gasteiger partial charge in [0.25, 0.3) is 5.91 Å². The van der Waals surface area contributed by atoms with E-state index >= 15 is 0 Å². The Hall–Kier alpha value is -2.50. The second-order valence-corrected chi connectivity index (χ2v) is 7.72. The van der Waals surface area contributed by atoms with Gasteiger partial charge in [-0.2, -0.15) is 0 Å². The van der Waals surface area contributed by atoms with Crippen LogP contribution in [0.3, 0.4) is 0 Å². The average molecular weight is 428 g/mol. The van der Waals surface area contributed by atoms with E-state index in [1.54, 1.807) is 6.92 Å². The zero-order chi connectivity index (χ0) is 19.4. The zero-order valence-corrected chi connectivity index (χ0v) is 16.0.